The standard InChI is InChI=1S/C32H40ClNO5S/c1-24(2)20-32(22-38-23-36-3,34-31(35)37-4)17-9-12-26-15-16-29(19-30(26)33)40-28-14-8-13-27(18-28)39-21-25-10-6-5-7-11-25/h5-8,10-11,13-16,18-19,24H,9,12,17,20-23H2,1-4H3,(H,34,35). The van der Waals surface area contributed by atoms with E-state index in [-0.39, 0.29) is 6.79 Å². The van der Waals surface area contributed by atoms with E-state index in [1.165, 1.54) is 7.11 Å². The Balaban J connectivity index is 1.61. The molecule has 0 aromatic heterocycles. The number of methoxy groups -OCH3 is 2. The maximum Gasteiger partial charge on any atom is 0.407 e. The fourth-order valence-electron chi connectivity index (χ4n) is 4.67. The monoisotopic (exact) mass is 585 g/mol. The highest BCUT2D eigenvalue weighted by molar-refractivity contribution is 7.99. The van der Waals surface area contributed by atoms with Gasteiger partial charge in [-0.15, -0.1) is 0 Å². The number of carbonyl (C=O) groups excluding carboxylic acids is 1. The second-order valence-corrected chi connectivity index (χ2v) is 11.8. The molecule has 1 N–H and O–H groups in total. The van der Waals surface area contributed by atoms with E-state index in [9.17, 15) is 4.79 Å². The Kier molecular flexibility index (Phi) is 13.1. The van der Waals surface area contributed by atoms with Crippen LogP contribution in [-0.4, -0.2) is 39.3 Å². The average Bonchev–Trinajstić information content (AvgIpc) is 2.93. The smallest absolute Gasteiger partial charge is 0.407 e. The number of amides is 1. The van der Waals surface area contributed by atoms with Gasteiger partial charge in [0.25, 0.3) is 0 Å². The van der Waals surface area contributed by atoms with E-state index in [4.69, 9.17) is 30.5 Å². The number of aryl methyl sites for hydroxylation is 1. The summed E-state index contributed by atoms with van der Waals surface area (Å²) in [6.07, 6.45) is 2.60. The van der Waals surface area contributed by atoms with Gasteiger partial charge in [0.2, 0.25) is 0 Å². The van der Waals surface area contributed by atoms with Crippen molar-refractivity contribution in [2.45, 2.75) is 61.5 Å². The lowest BCUT2D eigenvalue weighted by Crippen LogP contribution is -2.53. The molecular formula is C32H40ClNO5S. The van der Waals surface area contributed by atoms with E-state index < -0.39 is 11.6 Å². The van der Waals surface area contributed by atoms with Gasteiger partial charge >= 0.3 is 6.09 Å². The van der Waals surface area contributed by atoms with Crippen LogP contribution in [0.25, 0.3) is 0 Å². The molecule has 3 aromatic carbocycles. The maximum absolute atomic E-state index is 12.2. The van der Waals surface area contributed by atoms with Gasteiger partial charge in [0, 0.05) is 21.9 Å². The number of carbonyl (C=O) groups is 1. The van der Waals surface area contributed by atoms with E-state index in [1.807, 2.05) is 42.5 Å². The zero-order chi connectivity index (χ0) is 28.8. The summed E-state index contributed by atoms with van der Waals surface area (Å²) in [5.74, 6) is 1.18. The topological polar surface area (TPSA) is 66.0 Å². The van der Waals surface area contributed by atoms with Crippen molar-refractivity contribution < 1.29 is 23.7 Å². The first-order chi connectivity index (χ1) is 19.3. The molecule has 0 radical (unpaired) electrons. The molecule has 0 aliphatic carbocycles. The highest BCUT2D eigenvalue weighted by atomic mass is 35.5. The number of nitrogens with one attached hydrogen (secondary N) is 1. The van der Waals surface area contributed by atoms with Crippen molar-refractivity contribution in [1.82, 2.24) is 5.32 Å². The van der Waals surface area contributed by atoms with Crippen LogP contribution in [-0.2, 0) is 27.2 Å². The van der Waals surface area contributed by atoms with Crippen molar-refractivity contribution in [3.8, 4) is 5.75 Å². The molecule has 216 valence electrons. The normalized spacial score (nSPS) is 12.7. The highest BCUT2D eigenvalue weighted by Crippen LogP contribution is 2.34. The van der Waals surface area contributed by atoms with Crippen LogP contribution in [0.5, 0.6) is 5.75 Å². The number of benzene rings is 3. The van der Waals surface area contributed by atoms with Gasteiger partial charge in [0.1, 0.15) is 19.1 Å². The van der Waals surface area contributed by atoms with Crippen LogP contribution in [0.2, 0.25) is 5.02 Å². The van der Waals surface area contributed by atoms with Crippen LogP contribution < -0.4 is 10.1 Å². The zero-order valence-electron chi connectivity index (χ0n) is 23.8. The van der Waals surface area contributed by atoms with Gasteiger partial charge < -0.3 is 24.3 Å². The zero-order valence-corrected chi connectivity index (χ0v) is 25.4. The Bertz CT molecular complexity index is 1190. The largest absolute Gasteiger partial charge is 0.489 e. The lowest BCUT2D eigenvalue weighted by Gasteiger charge is -2.35. The summed E-state index contributed by atoms with van der Waals surface area (Å²) in [7, 11) is 2.96. The summed E-state index contributed by atoms with van der Waals surface area (Å²) in [5, 5.41) is 3.77. The summed E-state index contributed by atoms with van der Waals surface area (Å²) < 4.78 is 21.7. The first-order valence-corrected chi connectivity index (χ1v) is 14.7. The third-order valence-electron chi connectivity index (χ3n) is 6.35. The predicted molar refractivity (Wildman–Crippen MR) is 161 cm³/mol. The molecule has 0 bridgehead atoms. The van der Waals surface area contributed by atoms with Gasteiger partial charge in [-0.1, -0.05) is 79.7 Å². The Morgan fingerprint density at radius 2 is 1.77 bits per heavy atom. The van der Waals surface area contributed by atoms with E-state index in [1.54, 1.807) is 18.9 Å². The van der Waals surface area contributed by atoms with Gasteiger partial charge in [-0.25, -0.2) is 4.79 Å². The molecule has 3 aromatic rings. The molecule has 0 spiro atoms. The first-order valence-electron chi connectivity index (χ1n) is 13.5. The molecule has 0 fully saturated rings. The Morgan fingerprint density at radius 3 is 2.48 bits per heavy atom. The molecule has 6 nitrogen and oxygen atoms in total. The lowest BCUT2D eigenvalue weighted by molar-refractivity contribution is -0.0575. The van der Waals surface area contributed by atoms with Crippen LogP contribution in [0.4, 0.5) is 4.79 Å². The molecule has 0 aliphatic rings. The molecule has 0 heterocycles. The maximum atomic E-state index is 12.2. The van der Waals surface area contributed by atoms with Crippen molar-refractivity contribution in [1.29, 1.82) is 0 Å². The number of halogens is 1. The number of rotatable bonds is 16. The Hall–Kier alpha value is -2.71. The van der Waals surface area contributed by atoms with Gasteiger partial charge in [-0.3, -0.25) is 0 Å². The van der Waals surface area contributed by atoms with Crippen molar-refractivity contribution in [3.05, 3.63) is 88.9 Å². The minimum Gasteiger partial charge on any atom is -0.489 e. The second kappa shape index (κ2) is 16.5. The molecule has 8 heteroatoms. The first kappa shape index (κ1) is 31.8. The summed E-state index contributed by atoms with van der Waals surface area (Å²) >= 11 is 8.37. The summed E-state index contributed by atoms with van der Waals surface area (Å²) in [6, 6.07) is 24.4. The van der Waals surface area contributed by atoms with Crippen LogP contribution in [0, 0.1) is 5.92 Å². The fourth-order valence-corrected chi connectivity index (χ4v) is 5.91. The third-order valence-corrected chi connectivity index (χ3v) is 7.68. The van der Waals surface area contributed by atoms with Gasteiger partial charge in [0.05, 0.1) is 19.3 Å². The van der Waals surface area contributed by atoms with E-state index in [2.05, 4.69) is 49.5 Å². The van der Waals surface area contributed by atoms with Gasteiger partial charge in [-0.05, 0) is 73.1 Å². The number of hydrogen-bond acceptors (Lipinski definition) is 6. The molecule has 1 atom stereocenters. The lowest BCUT2D eigenvalue weighted by atomic mass is 9.84. The molecule has 3 rings (SSSR count). The van der Waals surface area contributed by atoms with Crippen LogP contribution in [0.1, 0.15) is 44.2 Å². The number of hydrogen-bond donors (Lipinski definition) is 1. The Morgan fingerprint density at radius 1 is 1.00 bits per heavy atom. The SMILES string of the molecule is COCOCC(CCCc1ccc(Sc2cccc(OCc3ccccc3)c2)cc1Cl)(CC(C)C)NC(=O)OC. The van der Waals surface area contributed by atoms with Gasteiger partial charge in [0.15, 0.2) is 0 Å². The molecular weight excluding hydrogens is 546 g/mol. The summed E-state index contributed by atoms with van der Waals surface area (Å²) in [4.78, 5) is 14.3. The van der Waals surface area contributed by atoms with E-state index in [0.29, 0.717) is 25.6 Å². The molecule has 1 amide bonds. The molecule has 0 saturated carbocycles. The van der Waals surface area contributed by atoms with Crippen molar-refractivity contribution in [2.24, 2.45) is 5.92 Å². The summed E-state index contributed by atoms with van der Waals surface area (Å²) in [5.41, 5.74) is 1.64. The van der Waals surface area contributed by atoms with Crippen LogP contribution in [0.15, 0.2) is 82.6 Å². The molecule has 0 saturated heterocycles. The Labute approximate surface area is 247 Å². The van der Waals surface area contributed by atoms with Crippen molar-refractivity contribution in [2.75, 3.05) is 27.6 Å². The van der Waals surface area contributed by atoms with Crippen LogP contribution >= 0.6 is 23.4 Å². The third kappa shape index (κ3) is 10.7. The molecule has 40 heavy (non-hydrogen) atoms. The number of ether oxygens (including phenoxy) is 4. The molecule has 0 aliphatic heterocycles. The fraction of sp³-hybridized carbons (Fsp3) is 0.406. The minimum absolute atomic E-state index is 0.162. The van der Waals surface area contributed by atoms with Crippen LogP contribution in [0.3, 0.4) is 0 Å². The predicted octanol–water partition coefficient (Wildman–Crippen LogP) is 8.15. The van der Waals surface area contributed by atoms with E-state index in [0.717, 1.165) is 51.0 Å². The highest BCUT2D eigenvalue weighted by Gasteiger charge is 2.33. The second-order valence-electron chi connectivity index (χ2n) is 10.2. The number of alkyl carbamates (subject to hydrolysis) is 1. The van der Waals surface area contributed by atoms with Crippen molar-refractivity contribution >= 4 is 29.5 Å². The van der Waals surface area contributed by atoms with Crippen molar-refractivity contribution in [3.63, 3.8) is 0 Å². The summed E-state index contributed by atoms with van der Waals surface area (Å²) in [6.45, 7) is 5.29. The van der Waals surface area contributed by atoms with E-state index >= 15 is 0 Å². The minimum atomic E-state index is -0.560. The average molecular weight is 586 g/mol. The van der Waals surface area contributed by atoms with Gasteiger partial charge in [-0.2, -0.15) is 0 Å². The molecule has 1 unspecified atom stereocenters. The quantitative estimate of drug-likeness (QED) is 0.135.